The van der Waals surface area contributed by atoms with Crippen molar-refractivity contribution in [2.24, 2.45) is 0 Å². The zero-order valence-corrected chi connectivity index (χ0v) is 12.7. The molecule has 1 aliphatic carbocycles. The molecule has 1 N–H and O–H groups in total. The van der Waals surface area contributed by atoms with Gasteiger partial charge in [-0.2, -0.15) is 0 Å². The number of esters is 1. The predicted molar refractivity (Wildman–Crippen MR) is 82.0 cm³/mol. The van der Waals surface area contributed by atoms with Crippen LogP contribution < -0.4 is 5.32 Å². The molecule has 21 heavy (non-hydrogen) atoms. The molecule has 1 aliphatic rings. The van der Waals surface area contributed by atoms with Crippen molar-refractivity contribution in [1.29, 1.82) is 0 Å². The average molecular weight is 291 g/mol. The number of rotatable bonds is 8. The molecule has 116 valence electrons. The van der Waals surface area contributed by atoms with Crippen LogP contribution in [-0.4, -0.2) is 31.8 Å². The SMILES string of the molecule is CCOC(=O)C(NCCOC1CCCC1)c1ccccc1. The van der Waals surface area contributed by atoms with Crippen molar-refractivity contribution in [2.45, 2.75) is 44.8 Å². The highest BCUT2D eigenvalue weighted by Crippen LogP contribution is 2.20. The highest BCUT2D eigenvalue weighted by atomic mass is 16.5. The van der Waals surface area contributed by atoms with Crippen molar-refractivity contribution in [1.82, 2.24) is 5.32 Å². The van der Waals surface area contributed by atoms with Crippen LogP contribution in [0.25, 0.3) is 0 Å². The Morgan fingerprint density at radius 2 is 2.00 bits per heavy atom. The zero-order chi connectivity index (χ0) is 14.9. The summed E-state index contributed by atoms with van der Waals surface area (Å²) in [6.45, 7) is 3.49. The van der Waals surface area contributed by atoms with E-state index in [1.807, 2.05) is 37.3 Å². The fourth-order valence-corrected chi connectivity index (χ4v) is 2.69. The van der Waals surface area contributed by atoms with Crippen molar-refractivity contribution < 1.29 is 14.3 Å². The van der Waals surface area contributed by atoms with Gasteiger partial charge in [0.25, 0.3) is 0 Å². The molecule has 1 aromatic rings. The molecule has 2 rings (SSSR count). The lowest BCUT2D eigenvalue weighted by Gasteiger charge is -2.18. The van der Waals surface area contributed by atoms with Crippen molar-refractivity contribution >= 4 is 5.97 Å². The van der Waals surface area contributed by atoms with Gasteiger partial charge in [-0.1, -0.05) is 43.2 Å². The van der Waals surface area contributed by atoms with E-state index in [1.165, 1.54) is 25.7 Å². The van der Waals surface area contributed by atoms with E-state index in [1.54, 1.807) is 0 Å². The zero-order valence-electron chi connectivity index (χ0n) is 12.7. The maximum atomic E-state index is 12.1. The summed E-state index contributed by atoms with van der Waals surface area (Å²) in [5, 5.41) is 3.25. The van der Waals surface area contributed by atoms with Gasteiger partial charge in [-0.05, 0) is 25.3 Å². The van der Waals surface area contributed by atoms with E-state index in [9.17, 15) is 4.79 Å². The molecule has 0 saturated heterocycles. The van der Waals surface area contributed by atoms with E-state index in [-0.39, 0.29) is 5.97 Å². The van der Waals surface area contributed by atoms with Crippen molar-refractivity contribution in [2.75, 3.05) is 19.8 Å². The van der Waals surface area contributed by atoms with Crippen LogP contribution >= 0.6 is 0 Å². The summed E-state index contributed by atoms with van der Waals surface area (Å²) >= 11 is 0. The summed E-state index contributed by atoms with van der Waals surface area (Å²) in [6.07, 6.45) is 5.28. The number of nitrogens with one attached hydrogen (secondary N) is 1. The van der Waals surface area contributed by atoms with Gasteiger partial charge in [0, 0.05) is 6.54 Å². The minimum Gasteiger partial charge on any atom is -0.465 e. The quantitative estimate of drug-likeness (QED) is 0.591. The third kappa shape index (κ3) is 5.14. The van der Waals surface area contributed by atoms with Crippen LogP contribution in [-0.2, 0) is 14.3 Å². The standard InChI is InChI=1S/C17H25NO3/c1-2-20-17(19)16(14-8-4-3-5-9-14)18-12-13-21-15-10-6-7-11-15/h3-5,8-9,15-16,18H,2,6-7,10-13H2,1H3. The highest BCUT2D eigenvalue weighted by molar-refractivity contribution is 5.77. The molecule has 1 unspecified atom stereocenters. The summed E-state index contributed by atoms with van der Waals surface area (Å²) in [7, 11) is 0. The van der Waals surface area contributed by atoms with Gasteiger partial charge in [0.1, 0.15) is 6.04 Å². The Bertz CT molecular complexity index is 415. The lowest BCUT2D eigenvalue weighted by atomic mass is 10.1. The number of hydrogen-bond donors (Lipinski definition) is 1. The number of carbonyl (C=O) groups excluding carboxylic acids is 1. The topological polar surface area (TPSA) is 47.6 Å². The first-order valence-corrected chi connectivity index (χ1v) is 7.88. The summed E-state index contributed by atoms with van der Waals surface area (Å²) in [6, 6.07) is 9.25. The molecule has 0 aliphatic heterocycles. The molecule has 4 heteroatoms. The maximum Gasteiger partial charge on any atom is 0.327 e. The normalized spacial score (nSPS) is 16.8. The Balaban J connectivity index is 1.82. The van der Waals surface area contributed by atoms with Crippen LogP contribution in [0.4, 0.5) is 0 Å². The Morgan fingerprint density at radius 3 is 2.67 bits per heavy atom. The molecule has 0 radical (unpaired) electrons. The van der Waals surface area contributed by atoms with Crippen LogP contribution in [0.1, 0.15) is 44.2 Å². The third-order valence-corrected chi connectivity index (χ3v) is 3.76. The van der Waals surface area contributed by atoms with E-state index >= 15 is 0 Å². The van der Waals surface area contributed by atoms with E-state index in [0.717, 1.165) is 5.56 Å². The van der Waals surface area contributed by atoms with Gasteiger partial charge in [-0.15, -0.1) is 0 Å². The first-order valence-electron chi connectivity index (χ1n) is 7.88. The molecule has 1 saturated carbocycles. The second-order valence-electron chi connectivity index (χ2n) is 5.33. The van der Waals surface area contributed by atoms with Gasteiger partial charge in [0.2, 0.25) is 0 Å². The van der Waals surface area contributed by atoms with Gasteiger partial charge in [-0.25, -0.2) is 4.79 Å². The molecule has 1 fully saturated rings. The fourth-order valence-electron chi connectivity index (χ4n) is 2.69. The van der Waals surface area contributed by atoms with Crippen LogP contribution in [0.3, 0.4) is 0 Å². The van der Waals surface area contributed by atoms with Gasteiger partial charge in [0.05, 0.1) is 19.3 Å². The molecule has 4 nitrogen and oxygen atoms in total. The first kappa shape index (κ1) is 16.0. The maximum absolute atomic E-state index is 12.1. The van der Waals surface area contributed by atoms with Crippen LogP contribution in [0.15, 0.2) is 30.3 Å². The van der Waals surface area contributed by atoms with Crippen LogP contribution in [0.2, 0.25) is 0 Å². The Labute approximate surface area is 126 Å². The van der Waals surface area contributed by atoms with Crippen LogP contribution in [0, 0.1) is 0 Å². The molecule has 0 heterocycles. The smallest absolute Gasteiger partial charge is 0.327 e. The van der Waals surface area contributed by atoms with Crippen LogP contribution in [0.5, 0.6) is 0 Å². The summed E-state index contributed by atoms with van der Waals surface area (Å²) < 4.78 is 11.0. The summed E-state index contributed by atoms with van der Waals surface area (Å²) in [5.41, 5.74) is 0.928. The largest absolute Gasteiger partial charge is 0.465 e. The van der Waals surface area contributed by atoms with Crippen molar-refractivity contribution in [3.63, 3.8) is 0 Å². The molecule has 0 aromatic heterocycles. The molecule has 0 bridgehead atoms. The lowest BCUT2D eigenvalue weighted by Crippen LogP contribution is -2.33. The first-order chi connectivity index (χ1) is 10.3. The molecule has 1 aromatic carbocycles. The monoisotopic (exact) mass is 291 g/mol. The van der Waals surface area contributed by atoms with E-state index in [2.05, 4.69) is 5.32 Å². The van der Waals surface area contributed by atoms with Crippen molar-refractivity contribution in [3.05, 3.63) is 35.9 Å². The van der Waals surface area contributed by atoms with E-state index in [0.29, 0.717) is 25.9 Å². The van der Waals surface area contributed by atoms with Gasteiger partial charge < -0.3 is 9.47 Å². The number of carbonyl (C=O) groups is 1. The lowest BCUT2D eigenvalue weighted by molar-refractivity contribution is -0.145. The molecule has 1 atom stereocenters. The summed E-state index contributed by atoms with van der Waals surface area (Å²) in [4.78, 5) is 12.1. The number of ether oxygens (including phenoxy) is 2. The van der Waals surface area contributed by atoms with Crippen molar-refractivity contribution in [3.8, 4) is 0 Å². The summed E-state index contributed by atoms with van der Waals surface area (Å²) in [5.74, 6) is -0.232. The second-order valence-corrected chi connectivity index (χ2v) is 5.33. The Kier molecular flexibility index (Phi) is 6.70. The van der Waals surface area contributed by atoms with Gasteiger partial charge >= 0.3 is 5.97 Å². The van der Waals surface area contributed by atoms with Gasteiger partial charge in [-0.3, -0.25) is 5.32 Å². The minimum atomic E-state index is -0.418. The Hall–Kier alpha value is -1.39. The molecule has 0 amide bonds. The third-order valence-electron chi connectivity index (χ3n) is 3.76. The predicted octanol–water partition coefficient (Wildman–Crippen LogP) is 2.84. The molecular formula is C17H25NO3. The fraction of sp³-hybridized carbons (Fsp3) is 0.588. The van der Waals surface area contributed by atoms with E-state index in [4.69, 9.17) is 9.47 Å². The molecule has 0 spiro atoms. The second kappa shape index (κ2) is 8.80. The molecular weight excluding hydrogens is 266 g/mol. The van der Waals surface area contributed by atoms with Gasteiger partial charge in [0.15, 0.2) is 0 Å². The van der Waals surface area contributed by atoms with E-state index < -0.39 is 6.04 Å². The minimum absolute atomic E-state index is 0.232. The number of benzene rings is 1. The Morgan fingerprint density at radius 1 is 1.29 bits per heavy atom. The average Bonchev–Trinajstić information content (AvgIpc) is 3.01. The number of hydrogen-bond acceptors (Lipinski definition) is 4. The highest BCUT2D eigenvalue weighted by Gasteiger charge is 2.21.